The first-order valence-electron chi connectivity index (χ1n) is 6.82. The summed E-state index contributed by atoms with van der Waals surface area (Å²) in [5.41, 5.74) is -1.60. The third-order valence-corrected chi connectivity index (χ3v) is 3.65. The zero-order valence-electron chi connectivity index (χ0n) is 12.3. The summed E-state index contributed by atoms with van der Waals surface area (Å²) in [7, 11) is 0. The molecule has 114 valence electrons. The van der Waals surface area contributed by atoms with Crippen LogP contribution >= 0.6 is 0 Å². The molecular weight excluding hydrogens is 284 g/mol. The van der Waals surface area contributed by atoms with Crippen molar-refractivity contribution in [1.82, 2.24) is 5.32 Å². The van der Waals surface area contributed by atoms with E-state index >= 15 is 0 Å². The lowest BCUT2D eigenvalue weighted by atomic mass is 9.76. The number of anilines is 1. The van der Waals surface area contributed by atoms with Gasteiger partial charge in [0.05, 0.1) is 5.69 Å². The Morgan fingerprint density at radius 3 is 2.41 bits per heavy atom. The second kappa shape index (κ2) is 5.93. The summed E-state index contributed by atoms with van der Waals surface area (Å²) < 4.78 is 0. The highest BCUT2D eigenvalue weighted by Crippen LogP contribution is 2.33. The molecule has 1 aliphatic heterocycles. The van der Waals surface area contributed by atoms with Crippen molar-refractivity contribution in [3.05, 3.63) is 42.5 Å². The molecule has 1 saturated heterocycles. The van der Waals surface area contributed by atoms with Crippen LogP contribution in [0.15, 0.2) is 42.5 Å². The summed E-state index contributed by atoms with van der Waals surface area (Å²) in [6.45, 7) is 2.90. The summed E-state index contributed by atoms with van der Waals surface area (Å²) in [6, 6.07) is 7.33. The van der Waals surface area contributed by atoms with Crippen LogP contribution in [0, 0.1) is 5.41 Å². The van der Waals surface area contributed by atoms with E-state index < -0.39 is 29.0 Å². The van der Waals surface area contributed by atoms with Crippen LogP contribution < -0.4 is 10.2 Å². The zero-order chi connectivity index (χ0) is 16.3. The highest BCUT2D eigenvalue weighted by atomic mass is 16.2. The number of carbonyl (C=O) groups is 4. The van der Waals surface area contributed by atoms with E-state index in [1.165, 1.54) is 6.92 Å². The van der Waals surface area contributed by atoms with Gasteiger partial charge in [0.1, 0.15) is 0 Å². The third kappa shape index (κ3) is 2.32. The van der Waals surface area contributed by atoms with Crippen molar-refractivity contribution >= 4 is 29.3 Å². The largest absolute Gasteiger partial charge is 0.335 e. The number of ketones is 1. The predicted molar refractivity (Wildman–Crippen MR) is 80.0 cm³/mol. The molecule has 0 spiro atoms. The van der Waals surface area contributed by atoms with Gasteiger partial charge < -0.3 is 0 Å². The molecule has 1 heterocycles. The van der Waals surface area contributed by atoms with E-state index in [1.807, 2.05) is 0 Å². The molecule has 1 atom stereocenters. The molecule has 1 aromatic rings. The molecule has 0 aliphatic carbocycles. The Bertz CT molecular complexity index is 666. The number of hydrogen-bond acceptors (Lipinski definition) is 4. The van der Waals surface area contributed by atoms with E-state index in [4.69, 9.17) is 0 Å². The first-order valence-corrected chi connectivity index (χ1v) is 6.82. The molecule has 1 unspecified atom stereocenters. The first kappa shape index (κ1) is 15.6. The van der Waals surface area contributed by atoms with Gasteiger partial charge in [0.25, 0.3) is 11.8 Å². The molecule has 1 aromatic carbocycles. The molecule has 0 radical (unpaired) electrons. The van der Waals surface area contributed by atoms with E-state index in [-0.39, 0.29) is 6.42 Å². The number of nitrogens with one attached hydrogen (secondary N) is 1. The Morgan fingerprint density at radius 2 is 1.86 bits per heavy atom. The summed E-state index contributed by atoms with van der Waals surface area (Å²) in [6.07, 6.45) is 3.13. The lowest BCUT2D eigenvalue weighted by Crippen LogP contribution is -2.66. The maximum atomic E-state index is 12.8. The molecule has 1 fully saturated rings. The Kier molecular flexibility index (Phi) is 4.21. The molecule has 0 saturated carbocycles. The quantitative estimate of drug-likeness (QED) is 0.679. The molecule has 1 aliphatic rings. The van der Waals surface area contributed by atoms with E-state index in [9.17, 15) is 19.2 Å². The lowest BCUT2D eigenvalue weighted by molar-refractivity contribution is -0.149. The van der Waals surface area contributed by atoms with E-state index in [1.54, 1.807) is 49.4 Å². The number of urea groups is 1. The van der Waals surface area contributed by atoms with Gasteiger partial charge in [-0.3, -0.25) is 19.7 Å². The molecule has 4 amide bonds. The molecule has 0 bridgehead atoms. The zero-order valence-corrected chi connectivity index (χ0v) is 12.3. The number of Topliss-reactive ketones (excluding diaryl/α,β-unsaturated/α-hetero) is 1. The molecule has 22 heavy (non-hydrogen) atoms. The van der Waals surface area contributed by atoms with Crippen molar-refractivity contribution in [3.63, 3.8) is 0 Å². The second-order valence-electron chi connectivity index (χ2n) is 4.97. The van der Waals surface area contributed by atoms with Gasteiger partial charge >= 0.3 is 6.03 Å². The fraction of sp³-hybridized carbons (Fsp3) is 0.250. The van der Waals surface area contributed by atoms with Crippen LogP contribution in [-0.2, 0) is 14.4 Å². The van der Waals surface area contributed by atoms with Gasteiger partial charge in [-0.15, -0.1) is 0 Å². The number of barbiturate groups is 1. The minimum atomic E-state index is -1.91. The van der Waals surface area contributed by atoms with Crippen LogP contribution in [0.1, 0.15) is 20.3 Å². The monoisotopic (exact) mass is 300 g/mol. The number of para-hydroxylation sites is 1. The number of amides is 4. The maximum Gasteiger partial charge on any atom is 0.335 e. The third-order valence-electron chi connectivity index (χ3n) is 3.65. The number of imide groups is 2. The van der Waals surface area contributed by atoms with E-state index in [0.717, 1.165) is 4.90 Å². The van der Waals surface area contributed by atoms with Gasteiger partial charge in [-0.2, -0.15) is 0 Å². The Labute approximate surface area is 127 Å². The number of allylic oxidation sites excluding steroid dienone is 2. The van der Waals surface area contributed by atoms with E-state index in [0.29, 0.717) is 5.69 Å². The second-order valence-corrected chi connectivity index (χ2v) is 4.97. The van der Waals surface area contributed by atoms with Crippen molar-refractivity contribution in [2.75, 3.05) is 4.90 Å². The average Bonchev–Trinajstić information content (AvgIpc) is 2.48. The highest BCUT2D eigenvalue weighted by Gasteiger charge is 2.57. The minimum Gasteiger partial charge on any atom is -0.298 e. The SMILES string of the molecule is CC=CCC1(C(C)=O)C(=O)NC(=O)N(c2ccccc2)C1=O. The van der Waals surface area contributed by atoms with Crippen molar-refractivity contribution in [2.24, 2.45) is 5.41 Å². The van der Waals surface area contributed by atoms with Gasteiger partial charge in [-0.05, 0) is 32.4 Å². The van der Waals surface area contributed by atoms with Crippen LogP contribution in [0.2, 0.25) is 0 Å². The summed E-state index contributed by atoms with van der Waals surface area (Å²) >= 11 is 0. The van der Waals surface area contributed by atoms with Crippen molar-refractivity contribution < 1.29 is 19.2 Å². The smallest absolute Gasteiger partial charge is 0.298 e. The number of rotatable bonds is 4. The van der Waals surface area contributed by atoms with Crippen molar-refractivity contribution in [2.45, 2.75) is 20.3 Å². The van der Waals surface area contributed by atoms with Crippen LogP contribution in [-0.4, -0.2) is 23.6 Å². The maximum absolute atomic E-state index is 12.8. The molecule has 6 nitrogen and oxygen atoms in total. The normalized spacial score (nSPS) is 22.1. The average molecular weight is 300 g/mol. The van der Waals surface area contributed by atoms with Gasteiger partial charge in [0.2, 0.25) is 0 Å². The van der Waals surface area contributed by atoms with Gasteiger partial charge in [-0.25, -0.2) is 9.69 Å². The number of benzene rings is 1. The first-order chi connectivity index (χ1) is 10.4. The van der Waals surface area contributed by atoms with Crippen LogP contribution in [0.3, 0.4) is 0 Å². The standard InChI is InChI=1S/C16H16N2O4/c1-3-4-10-16(11(2)19)13(20)17-15(22)18(14(16)21)12-8-6-5-7-9-12/h3-9H,10H2,1-2H3,(H,17,20,22). The predicted octanol–water partition coefficient (Wildman–Crippen LogP) is 1.81. The minimum absolute atomic E-state index is 0.0832. The van der Waals surface area contributed by atoms with Gasteiger partial charge in [0.15, 0.2) is 11.2 Å². The van der Waals surface area contributed by atoms with Crippen molar-refractivity contribution in [3.8, 4) is 0 Å². The fourth-order valence-corrected chi connectivity index (χ4v) is 2.38. The number of nitrogens with zero attached hydrogens (tertiary/aromatic N) is 1. The fourth-order valence-electron chi connectivity index (χ4n) is 2.38. The van der Waals surface area contributed by atoms with Crippen LogP contribution in [0.4, 0.5) is 10.5 Å². The van der Waals surface area contributed by atoms with E-state index in [2.05, 4.69) is 5.32 Å². The molecule has 2 rings (SSSR count). The molecule has 0 aromatic heterocycles. The summed E-state index contributed by atoms with van der Waals surface area (Å²) in [4.78, 5) is 50.0. The van der Waals surface area contributed by atoms with Crippen LogP contribution in [0.5, 0.6) is 0 Å². The number of hydrogen-bond donors (Lipinski definition) is 1. The lowest BCUT2D eigenvalue weighted by Gasteiger charge is -2.37. The Morgan fingerprint density at radius 1 is 1.23 bits per heavy atom. The highest BCUT2D eigenvalue weighted by molar-refractivity contribution is 6.37. The molecule has 6 heteroatoms. The summed E-state index contributed by atoms with van der Waals surface area (Å²) in [5.74, 6) is -2.29. The van der Waals surface area contributed by atoms with Crippen molar-refractivity contribution in [1.29, 1.82) is 0 Å². The summed E-state index contributed by atoms with van der Waals surface area (Å²) in [5, 5.41) is 2.11. The number of carbonyl (C=O) groups excluding carboxylic acids is 4. The molecule has 1 N–H and O–H groups in total. The Balaban J connectivity index is 2.55. The van der Waals surface area contributed by atoms with Gasteiger partial charge in [-0.1, -0.05) is 30.4 Å². The topological polar surface area (TPSA) is 83.6 Å². The van der Waals surface area contributed by atoms with Gasteiger partial charge in [0, 0.05) is 0 Å². The van der Waals surface area contributed by atoms with Crippen LogP contribution in [0.25, 0.3) is 0 Å². The Hall–Kier alpha value is -2.76. The molecular formula is C16H16N2O4.